The molecule has 1 aromatic heterocycles. The molecular weight excluding hydrogens is 368 g/mol. The average molecular weight is 387 g/mol. The number of imide groups is 1. The number of benzene rings is 2. The SMILES string of the molecule is O=C1c2ccccc2C(=O)N1c1ccc(C[n+]2ccccc2C2OCCO2)cc1. The number of carbonyl (C=O) groups excluding carboxylic acids is 2. The monoisotopic (exact) mass is 387 g/mol. The molecule has 2 amide bonds. The van der Waals surface area contributed by atoms with E-state index in [0.717, 1.165) is 11.3 Å². The van der Waals surface area contributed by atoms with Crippen molar-refractivity contribution in [1.82, 2.24) is 0 Å². The predicted molar refractivity (Wildman–Crippen MR) is 104 cm³/mol. The third kappa shape index (κ3) is 3.12. The number of nitrogens with zero attached hydrogens (tertiary/aromatic N) is 2. The van der Waals surface area contributed by atoms with E-state index in [1.54, 1.807) is 24.3 Å². The maximum Gasteiger partial charge on any atom is 0.266 e. The highest BCUT2D eigenvalue weighted by molar-refractivity contribution is 6.34. The molecule has 2 aliphatic rings. The second-order valence-electron chi connectivity index (χ2n) is 6.98. The Kier molecular flexibility index (Phi) is 4.42. The van der Waals surface area contributed by atoms with Gasteiger partial charge in [0.25, 0.3) is 11.8 Å². The van der Waals surface area contributed by atoms with Gasteiger partial charge in [-0.05, 0) is 30.3 Å². The van der Waals surface area contributed by atoms with E-state index in [2.05, 4.69) is 4.57 Å². The molecule has 0 aliphatic carbocycles. The third-order valence-corrected chi connectivity index (χ3v) is 5.18. The molecule has 0 N–H and O–H groups in total. The highest BCUT2D eigenvalue weighted by Gasteiger charge is 2.36. The van der Waals surface area contributed by atoms with Crippen molar-refractivity contribution in [2.24, 2.45) is 0 Å². The number of anilines is 1. The zero-order valence-corrected chi connectivity index (χ0v) is 15.7. The van der Waals surface area contributed by atoms with Crippen molar-refractivity contribution in [3.05, 3.63) is 95.3 Å². The number of pyridine rings is 1. The lowest BCUT2D eigenvalue weighted by Crippen LogP contribution is -2.40. The summed E-state index contributed by atoms with van der Waals surface area (Å²) in [7, 11) is 0. The van der Waals surface area contributed by atoms with Crippen LogP contribution in [0.5, 0.6) is 0 Å². The first-order valence-electron chi connectivity index (χ1n) is 9.51. The smallest absolute Gasteiger partial charge is 0.266 e. The zero-order valence-electron chi connectivity index (χ0n) is 15.7. The van der Waals surface area contributed by atoms with E-state index in [1.165, 1.54) is 4.90 Å². The number of hydrogen-bond acceptors (Lipinski definition) is 4. The fraction of sp³-hybridized carbons (Fsp3) is 0.174. The highest BCUT2D eigenvalue weighted by atomic mass is 16.7. The van der Waals surface area contributed by atoms with E-state index in [0.29, 0.717) is 36.6 Å². The minimum atomic E-state index is -0.353. The second kappa shape index (κ2) is 7.24. The van der Waals surface area contributed by atoms with Crippen LogP contribution in [0.1, 0.15) is 38.3 Å². The van der Waals surface area contributed by atoms with E-state index in [1.807, 2.05) is 48.7 Å². The van der Waals surface area contributed by atoms with E-state index >= 15 is 0 Å². The Balaban J connectivity index is 1.38. The number of amides is 2. The maximum absolute atomic E-state index is 12.6. The fourth-order valence-electron chi connectivity index (χ4n) is 3.75. The van der Waals surface area contributed by atoms with Gasteiger partial charge in [0.05, 0.1) is 30.0 Å². The van der Waals surface area contributed by atoms with Gasteiger partial charge in [0.1, 0.15) is 0 Å². The summed E-state index contributed by atoms with van der Waals surface area (Å²) >= 11 is 0. The van der Waals surface area contributed by atoms with Gasteiger partial charge in [-0.3, -0.25) is 9.59 Å². The summed E-state index contributed by atoms with van der Waals surface area (Å²) in [6.45, 7) is 1.81. The van der Waals surface area contributed by atoms with Crippen LogP contribution in [0.3, 0.4) is 0 Å². The Labute approximate surface area is 167 Å². The van der Waals surface area contributed by atoms with E-state index in [-0.39, 0.29) is 18.1 Å². The number of hydrogen-bond donors (Lipinski definition) is 0. The molecule has 2 aliphatic heterocycles. The van der Waals surface area contributed by atoms with E-state index in [9.17, 15) is 9.59 Å². The van der Waals surface area contributed by atoms with Crippen molar-refractivity contribution in [1.29, 1.82) is 0 Å². The Morgan fingerprint density at radius 2 is 1.45 bits per heavy atom. The average Bonchev–Trinajstić information content (AvgIpc) is 3.37. The molecule has 6 heteroatoms. The summed E-state index contributed by atoms with van der Waals surface area (Å²) in [5.74, 6) is -0.567. The lowest BCUT2D eigenvalue weighted by Gasteiger charge is -2.14. The number of ether oxygens (including phenoxy) is 2. The van der Waals surface area contributed by atoms with Gasteiger partial charge < -0.3 is 9.47 Å². The lowest BCUT2D eigenvalue weighted by atomic mass is 10.1. The van der Waals surface area contributed by atoms with Crippen LogP contribution in [-0.4, -0.2) is 25.0 Å². The fourth-order valence-corrected chi connectivity index (χ4v) is 3.75. The molecule has 6 nitrogen and oxygen atoms in total. The predicted octanol–water partition coefficient (Wildman–Crippen LogP) is 2.87. The van der Waals surface area contributed by atoms with Crippen LogP contribution in [0.15, 0.2) is 72.9 Å². The summed E-state index contributed by atoms with van der Waals surface area (Å²) in [5, 5.41) is 0. The van der Waals surface area contributed by atoms with Crippen molar-refractivity contribution >= 4 is 17.5 Å². The Hall–Kier alpha value is -3.35. The van der Waals surface area contributed by atoms with Gasteiger partial charge in [-0.25, -0.2) is 4.90 Å². The molecule has 0 spiro atoms. The standard InChI is InChI=1S/C23H19N2O4/c26-21-18-5-1-2-6-19(18)22(27)25(21)17-10-8-16(9-11-17)15-24-12-4-3-7-20(24)23-28-13-14-29-23/h1-12,23H,13-15H2/q+1. The first-order valence-corrected chi connectivity index (χ1v) is 9.51. The normalized spacial score (nSPS) is 16.5. The van der Waals surface area contributed by atoms with Crippen molar-refractivity contribution in [3.63, 3.8) is 0 Å². The van der Waals surface area contributed by atoms with Crippen LogP contribution >= 0.6 is 0 Å². The van der Waals surface area contributed by atoms with Crippen LogP contribution < -0.4 is 9.47 Å². The molecule has 0 saturated carbocycles. The molecule has 5 rings (SSSR count). The molecule has 3 aromatic rings. The van der Waals surface area contributed by atoms with Crippen LogP contribution in [0, 0.1) is 0 Å². The minimum absolute atomic E-state index is 0.284. The molecule has 2 aromatic carbocycles. The van der Waals surface area contributed by atoms with Crippen LogP contribution in [0.25, 0.3) is 0 Å². The number of carbonyl (C=O) groups is 2. The summed E-state index contributed by atoms with van der Waals surface area (Å²) in [4.78, 5) is 26.5. The van der Waals surface area contributed by atoms with Crippen LogP contribution in [-0.2, 0) is 16.0 Å². The molecule has 0 bridgehead atoms. The van der Waals surface area contributed by atoms with E-state index in [4.69, 9.17) is 9.47 Å². The molecular formula is C23H19N2O4+. The number of aromatic nitrogens is 1. The molecule has 0 unspecified atom stereocenters. The number of rotatable bonds is 4. The zero-order chi connectivity index (χ0) is 19.8. The third-order valence-electron chi connectivity index (χ3n) is 5.18. The summed E-state index contributed by atoms with van der Waals surface area (Å²) in [6.07, 6.45) is 1.63. The Bertz CT molecular complexity index is 1050. The van der Waals surface area contributed by atoms with Gasteiger partial charge in [-0.2, -0.15) is 4.57 Å². The van der Waals surface area contributed by atoms with Crippen LogP contribution in [0.4, 0.5) is 5.69 Å². The van der Waals surface area contributed by atoms with Gasteiger partial charge in [-0.1, -0.05) is 24.3 Å². The lowest BCUT2D eigenvalue weighted by molar-refractivity contribution is -0.701. The molecule has 144 valence electrons. The minimum Gasteiger partial charge on any atom is -0.341 e. The van der Waals surface area contributed by atoms with Crippen molar-refractivity contribution in [2.45, 2.75) is 12.8 Å². The maximum atomic E-state index is 12.6. The first-order chi connectivity index (χ1) is 14.2. The first kappa shape index (κ1) is 17.7. The quantitative estimate of drug-likeness (QED) is 0.510. The largest absolute Gasteiger partial charge is 0.341 e. The van der Waals surface area contributed by atoms with Gasteiger partial charge in [-0.15, -0.1) is 0 Å². The number of fused-ring (bicyclic) bond motifs is 1. The second-order valence-corrected chi connectivity index (χ2v) is 6.98. The van der Waals surface area contributed by atoms with Gasteiger partial charge in [0, 0.05) is 17.7 Å². The Morgan fingerprint density at radius 1 is 0.828 bits per heavy atom. The highest BCUT2D eigenvalue weighted by Crippen LogP contribution is 2.28. The molecule has 0 atom stereocenters. The molecule has 29 heavy (non-hydrogen) atoms. The summed E-state index contributed by atoms with van der Waals surface area (Å²) in [5.41, 5.74) is 3.46. The van der Waals surface area contributed by atoms with Crippen molar-refractivity contribution in [2.75, 3.05) is 18.1 Å². The van der Waals surface area contributed by atoms with Gasteiger partial charge in [0.15, 0.2) is 12.7 Å². The topological polar surface area (TPSA) is 59.7 Å². The summed E-state index contributed by atoms with van der Waals surface area (Å²) < 4.78 is 13.3. The van der Waals surface area contributed by atoms with Crippen LogP contribution in [0.2, 0.25) is 0 Å². The summed E-state index contributed by atoms with van der Waals surface area (Å²) in [6, 6.07) is 20.3. The van der Waals surface area contributed by atoms with Gasteiger partial charge in [0.2, 0.25) is 12.0 Å². The van der Waals surface area contributed by atoms with Crippen molar-refractivity contribution in [3.8, 4) is 0 Å². The Morgan fingerprint density at radius 3 is 2.10 bits per heavy atom. The van der Waals surface area contributed by atoms with E-state index < -0.39 is 0 Å². The molecule has 1 saturated heterocycles. The van der Waals surface area contributed by atoms with Crippen molar-refractivity contribution < 1.29 is 23.6 Å². The molecule has 0 radical (unpaired) electrons. The van der Waals surface area contributed by atoms with Gasteiger partial charge >= 0.3 is 0 Å². The molecule has 1 fully saturated rings. The molecule has 3 heterocycles.